The average Bonchev–Trinajstić information content (AvgIpc) is 2.88. The van der Waals surface area contributed by atoms with Crippen molar-refractivity contribution in [2.45, 2.75) is 26.3 Å². The van der Waals surface area contributed by atoms with Crippen molar-refractivity contribution < 1.29 is 0 Å². The van der Waals surface area contributed by atoms with Gasteiger partial charge in [0, 0.05) is 6.54 Å². The van der Waals surface area contributed by atoms with Gasteiger partial charge < -0.3 is 9.80 Å². The van der Waals surface area contributed by atoms with E-state index in [-0.39, 0.29) is 5.54 Å². The first-order chi connectivity index (χ1) is 9.64. The Morgan fingerprint density at radius 2 is 1.50 bits per heavy atom. The number of anilines is 2. The molecule has 2 aromatic carbocycles. The molecule has 0 saturated carbocycles. The minimum Gasteiger partial charge on any atom is -0.352 e. The normalized spacial score (nSPS) is 14.6. The Hall–Kier alpha value is -1.96. The van der Waals surface area contributed by atoms with Gasteiger partial charge in [-0.15, -0.1) is 0 Å². The maximum atomic E-state index is 2.50. The lowest BCUT2D eigenvalue weighted by Gasteiger charge is -2.38. The molecule has 1 aliphatic heterocycles. The van der Waals surface area contributed by atoms with Crippen LogP contribution in [0.2, 0.25) is 0 Å². The van der Waals surface area contributed by atoms with Gasteiger partial charge in [-0.25, -0.2) is 0 Å². The van der Waals surface area contributed by atoms with Gasteiger partial charge in [0.05, 0.1) is 23.6 Å². The minimum atomic E-state index is -0.0126. The standard InChI is InChI=1S/C18H22N2/c1-4-19-14-20(17-13-9-8-12-16(17)19)18(2,3)15-10-6-5-7-11-15/h5-13H,4,14H2,1-3H3. The van der Waals surface area contributed by atoms with Gasteiger partial charge in [-0.2, -0.15) is 0 Å². The van der Waals surface area contributed by atoms with Crippen LogP contribution >= 0.6 is 0 Å². The molecule has 0 unspecified atom stereocenters. The van der Waals surface area contributed by atoms with Crippen molar-refractivity contribution in [1.29, 1.82) is 0 Å². The minimum absolute atomic E-state index is 0.0126. The van der Waals surface area contributed by atoms with Gasteiger partial charge in [0.15, 0.2) is 0 Å². The third-order valence-electron chi connectivity index (χ3n) is 4.36. The van der Waals surface area contributed by atoms with Gasteiger partial charge in [-0.05, 0) is 38.5 Å². The molecule has 0 aromatic heterocycles. The fourth-order valence-electron chi connectivity index (χ4n) is 3.03. The SMILES string of the molecule is CCN1CN(C(C)(C)c2ccccc2)c2ccccc21. The van der Waals surface area contributed by atoms with E-state index >= 15 is 0 Å². The third kappa shape index (κ3) is 1.96. The van der Waals surface area contributed by atoms with Crippen LogP contribution in [0.15, 0.2) is 54.6 Å². The summed E-state index contributed by atoms with van der Waals surface area (Å²) in [6.45, 7) is 8.82. The largest absolute Gasteiger partial charge is 0.352 e. The van der Waals surface area contributed by atoms with E-state index in [2.05, 4.69) is 85.2 Å². The van der Waals surface area contributed by atoms with Crippen LogP contribution in [0.3, 0.4) is 0 Å². The van der Waals surface area contributed by atoms with E-state index < -0.39 is 0 Å². The highest BCUT2D eigenvalue weighted by molar-refractivity contribution is 5.77. The smallest absolute Gasteiger partial charge is 0.0912 e. The molecule has 0 fully saturated rings. The molecular formula is C18H22N2. The summed E-state index contributed by atoms with van der Waals surface area (Å²) in [4.78, 5) is 4.93. The van der Waals surface area contributed by atoms with Crippen molar-refractivity contribution in [3.05, 3.63) is 60.2 Å². The van der Waals surface area contributed by atoms with Crippen molar-refractivity contribution in [3.8, 4) is 0 Å². The first kappa shape index (κ1) is 13.0. The van der Waals surface area contributed by atoms with Crippen molar-refractivity contribution >= 4 is 11.4 Å². The summed E-state index contributed by atoms with van der Waals surface area (Å²) in [5.41, 5.74) is 4.02. The lowest BCUT2D eigenvalue weighted by atomic mass is 9.92. The fourth-order valence-corrected chi connectivity index (χ4v) is 3.03. The fraction of sp³-hybridized carbons (Fsp3) is 0.333. The molecule has 2 heteroatoms. The molecule has 1 heterocycles. The topological polar surface area (TPSA) is 6.48 Å². The lowest BCUT2D eigenvalue weighted by Crippen LogP contribution is -2.43. The monoisotopic (exact) mass is 266 g/mol. The molecule has 0 saturated heterocycles. The molecule has 0 spiro atoms. The van der Waals surface area contributed by atoms with Gasteiger partial charge in [0.1, 0.15) is 0 Å². The highest BCUT2D eigenvalue weighted by Crippen LogP contribution is 2.42. The van der Waals surface area contributed by atoms with E-state index in [1.807, 2.05) is 0 Å². The van der Waals surface area contributed by atoms with E-state index in [1.54, 1.807) is 0 Å². The van der Waals surface area contributed by atoms with Crippen LogP contribution < -0.4 is 9.80 Å². The van der Waals surface area contributed by atoms with Crippen molar-refractivity contribution in [3.63, 3.8) is 0 Å². The van der Waals surface area contributed by atoms with Gasteiger partial charge >= 0.3 is 0 Å². The van der Waals surface area contributed by atoms with Gasteiger partial charge in [-0.1, -0.05) is 42.5 Å². The zero-order chi connectivity index (χ0) is 14.2. The van der Waals surface area contributed by atoms with E-state index in [1.165, 1.54) is 16.9 Å². The molecule has 0 aliphatic carbocycles. The molecule has 0 N–H and O–H groups in total. The van der Waals surface area contributed by atoms with Crippen molar-refractivity contribution in [2.24, 2.45) is 0 Å². The Morgan fingerprint density at radius 3 is 2.15 bits per heavy atom. The first-order valence-electron chi connectivity index (χ1n) is 7.31. The van der Waals surface area contributed by atoms with E-state index in [4.69, 9.17) is 0 Å². The summed E-state index contributed by atoms with van der Waals surface area (Å²) in [6.07, 6.45) is 0. The zero-order valence-electron chi connectivity index (χ0n) is 12.5. The molecule has 2 aromatic rings. The van der Waals surface area contributed by atoms with Crippen LogP contribution in [0.5, 0.6) is 0 Å². The average molecular weight is 266 g/mol. The van der Waals surface area contributed by atoms with Crippen LogP contribution in [-0.4, -0.2) is 13.2 Å². The maximum Gasteiger partial charge on any atom is 0.0912 e. The predicted octanol–water partition coefficient (Wildman–Crippen LogP) is 4.23. The Kier molecular flexibility index (Phi) is 3.17. The van der Waals surface area contributed by atoms with Crippen LogP contribution in [0.25, 0.3) is 0 Å². The first-order valence-corrected chi connectivity index (χ1v) is 7.31. The number of para-hydroxylation sites is 2. The van der Waals surface area contributed by atoms with E-state index in [9.17, 15) is 0 Å². The molecular weight excluding hydrogens is 244 g/mol. The Balaban J connectivity index is 2.04. The van der Waals surface area contributed by atoms with Crippen LogP contribution in [-0.2, 0) is 5.54 Å². The predicted molar refractivity (Wildman–Crippen MR) is 86.3 cm³/mol. The van der Waals surface area contributed by atoms with E-state index in [0.29, 0.717) is 0 Å². The Bertz CT molecular complexity index is 589. The molecule has 104 valence electrons. The Morgan fingerprint density at radius 1 is 0.900 bits per heavy atom. The number of hydrogen-bond acceptors (Lipinski definition) is 2. The summed E-state index contributed by atoms with van der Waals surface area (Å²) < 4.78 is 0. The summed E-state index contributed by atoms with van der Waals surface area (Å²) in [5, 5.41) is 0. The summed E-state index contributed by atoms with van der Waals surface area (Å²) in [7, 11) is 0. The van der Waals surface area contributed by atoms with Crippen LogP contribution in [0, 0.1) is 0 Å². The highest BCUT2D eigenvalue weighted by Gasteiger charge is 2.35. The van der Waals surface area contributed by atoms with Crippen LogP contribution in [0.4, 0.5) is 11.4 Å². The molecule has 0 bridgehead atoms. The zero-order valence-corrected chi connectivity index (χ0v) is 12.5. The van der Waals surface area contributed by atoms with E-state index in [0.717, 1.165) is 13.2 Å². The second kappa shape index (κ2) is 4.86. The molecule has 0 amide bonds. The quantitative estimate of drug-likeness (QED) is 0.820. The number of rotatable bonds is 3. The number of fused-ring (bicyclic) bond motifs is 1. The van der Waals surface area contributed by atoms with Crippen molar-refractivity contribution in [1.82, 2.24) is 0 Å². The third-order valence-corrected chi connectivity index (χ3v) is 4.36. The summed E-state index contributed by atoms with van der Waals surface area (Å²) in [5.74, 6) is 0. The maximum absolute atomic E-state index is 2.50. The second-order valence-electron chi connectivity index (χ2n) is 5.84. The number of nitrogens with zero attached hydrogens (tertiary/aromatic N) is 2. The molecule has 0 radical (unpaired) electrons. The van der Waals surface area contributed by atoms with Gasteiger partial charge in [0.25, 0.3) is 0 Å². The molecule has 0 atom stereocenters. The number of hydrogen-bond donors (Lipinski definition) is 0. The molecule has 1 aliphatic rings. The molecule has 2 nitrogen and oxygen atoms in total. The van der Waals surface area contributed by atoms with Gasteiger partial charge in [0.2, 0.25) is 0 Å². The highest BCUT2D eigenvalue weighted by atomic mass is 15.4. The van der Waals surface area contributed by atoms with Crippen LogP contribution in [0.1, 0.15) is 26.3 Å². The lowest BCUT2D eigenvalue weighted by molar-refractivity contribution is 0.490. The summed E-state index contributed by atoms with van der Waals surface area (Å²) >= 11 is 0. The van der Waals surface area contributed by atoms with Gasteiger partial charge in [-0.3, -0.25) is 0 Å². The molecule has 20 heavy (non-hydrogen) atoms. The Labute approximate surface area is 121 Å². The van der Waals surface area contributed by atoms with Crippen molar-refractivity contribution in [2.75, 3.05) is 23.0 Å². The number of benzene rings is 2. The second-order valence-corrected chi connectivity index (χ2v) is 5.84. The molecule has 3 rings (SSSR count). The summed E-state index contributed by atoms with van der Waals surface area (Å²) in [6, 6.07) is 19.5.